The summed E-state index contributed by atoms with van der Waals surface area (Å²) in [7, 11) is 0. The van der Waals surface area contributed by atoms with Gasteiger partial charge in [-0.3, -0.25) is 10.1 Å². The normalized spacial score (nSPS) is 15.5. The zero-order chi connectivity index (χ0) is 27.0. The third kappa shape index (κ3) is 6.44. The number of benzene rings is 2. The lowest BCUT2D eigenvalue weighted by Gasteiger charge is -2.31. The van der Waals surface area contributed by atoms with Crippen molar-refractivity contribution in [3.05, 3.63) is 60.3 Å². The Balaban J connectivity index is 1.45. The minimum absolute atomic E-state index is 0.221. The summed E-state index contributed by atoms with van der Waals surface area (Å²) in [6.45, 7) is 6.50. The number of rotatable bonds is 7. The van der Waals surface area contributed by atoms with Crippen molar-refractivity contribution < 1.29 is 28.5 Å². The lowest BCUT2D eigenvalue weighted by molar-refractivity contribution is 0.0296. The molecule has 3 heterocycles. The van der Waals surface area contributed by atoms with Gasteiger partial charge in [0.1, 0.15) is 5.75 Å². The van der Waals surface area contributed by atoms with Gasteiger partial charge in [-0.2, -0.15) is 0 Å². The molecule has 204 valence electrons. The minimum Gasteiger partial charge on any atom is -0.488 e. The van der Waals surface area contributed by atoms with Crippen LogP contribution in [-0.2, 0) is 9.47 Å². The molecular formula is C28H31N5O6. The van der Waals surface area contributed by atoms with Crippen molar-refractivity contribution in [2.24, 2.45) is 0 Å². The molecule has 0 unspecified atom stereocenters. The summed E-state index contributed by atoms with van der Waals surface area (Å²) in [5.74, 6) is 1.55. The Bertz CT molecular complexity index is 1280. The summed E-state index contributed by atoms with van der Waals surface area (Å²) < 4.78 is 22.2. The van der Waals surface area contributed by atoms with Crippen molar-refractivity contribution in [1.82, 2.24) is 14.9 Å². The summed E-state index contributed by atoms with van der Waals surface area (Å²) in [6.07, 6.45) is -0.598. The molecule has 3 aromatic rings. The van der Waals surface area contributed by atoms with E-state index in [9.17, 15) is 9.59 Å². The van der Waals surface area contributed by atoms with E-state index in [1.54, 1.807) is 53.4 Å². The summed E-state index contributed by atoms with van der Waals surface area (Å²) in [5.41, 5.74) is 1.45. The quantitative estimate of drug-likeness (QED) is 0.487. The van der Waals surface area contributed by atoms with E-state index in [0.29, 0.717) is 93.6 Å². The number of anilines is 2. The third-order valence-electron chi connectivity index (χ3n) is 6.29. The number of para-hydroxylation sites is 1. The molecule has 5 rings (SSSR count). The van der Waals surface area contributed by atoms with Crippen LogP contribution in [0.15, 0.2) is 54.6 Å². The highest BCUT2D eigenvalue weighted by atomic mass is 16.6. The molecule has 0 bridgehead atoms. The van der Waals surface area contributed by atoms with Crippen LogP contribution >= 0.6 is 0 Å². The molecule has 0 saturated carbocycles. The Labute approximate surface area is 226 Å². The van der Waals surface area contributed by atoms with E-state index in [0.717, 1.165) is 0 Å². The maximum absolute atomic E-state index is 13.6. The van der Waals surface area contributed by atoms with E-state index in [1.165, 1.54) is 0 Å². The van der Waals surface area contributed by atoms with Crippen LogP contribution in [0.4, 0.5) is 16.3 Å². The Morgan fingerprint density at radius 2 is 1.56 bits per heavy atom. The molecule has 2 amide bonds. The predicted octanol–water partition coefficient (Wildman–Crippen LogP) is 3.46. The molecule has 0 radical (unpaired) electrons. The number of hydrogen-bond acceptors (Lipinski definition) is 9. The Morgan fingerprint density at radius 1 is 0.897 bits per heavy atom. The maximum Gasteiger partial charge on any atom is 0.417 e. The smallest absolute Gasteiger partial charge is 0.417 e. The zero-order valence-electron chi connectivity index (χ0n) is 21.8. The van der Waals surface area contributed by atoms with E-state index in [-0.39, 0.29) is 11.6 Å². The standard InChI is InChI=1S/C28H31N5O6/c1-2-38-24-23(27(34)33-14-18-37-19-15-33)30-25(31-26(24)32-12-16-36-17-13-32)20-8-10-21(11-9-20)29-28(35)39-22-6-4-3-5-7-22/h3-11H,2,12-19H2,1H3,(H,29,35). The lowest BCUT2D eigenvalue weighted by Crippen LogP contribution is -2.42. The van der Waals surface area contributed by atoms with Gasteiger partial charge in [0.25, 0.3) is 5.91 Å². The SMILES string of the molecule is CCOc1c(C(=O)N2CCOCC2)nc(-c2ccc(NC(=O)Oc3ccccc3)cc2)nc1N1CCOCC1. The highest BCUT2D eigenvalue weighted by molar-refractivity contribution is 5.97. The average molecular weight is 534 g/mol. The third-order valence-corrected chi connectivity index (χ3v) is 6.29. The van der Waals surface area contributed by atoms with Gasteiger partial charge in [-0.05, 0) is 43.3 Å². The van der Waals surface area contributed by atoms with Gasteiger partial charge in [0.05, 0.1) is 33.0 Å². The molecule has 0 atom stereocenters. The van der Waals surface area contributed by atoms with Crippen LogP contribution < -0.4 is 19.7 Å². The first-order valence-corrected chi connectivity index (χ1v) is 13.0. The van der Waals surface area contributed by atoms with Crippen LogP contribution in [0.1, 0.15) is 17.4 Å². The first-order valence-electron chi connectivity index (χ1n) is 13.0. The van der Waals surface area contributed by atoms with Gasteiger partial charge < -0.3 is 28.7 Å². The number of morpholine rings is 2. The van der Waals surface area contributed by atoms with Gasteiger partial charge >= 0.3 is 6.09 Å². The molecule has 2 fully saturated rings. The van der Waals surface area contributed by atoms with Gasteiger partial charge in [-0.15, -0.1) is 0 Å². The van der Waals surface area contributed by atoms with E-state index >= 15 is 0 Å². The molecule has 2 saturated heterocycles. The van der Waals surface area contributed by atoms with Crippen molar-refractivity contribution in [3.63, 3.8) is 0 Å². The Hall–Kier alpha value is -4.22. The molecule has 0 spiro atoms. The van der Waals surface area contributed by atoms with Gasteiger partial charge in [0.15, 0.2) is 23.1 Å². The van der Waals surface area contributed by atoms with Crippen molar-refractivity contribution in [2.75, 3.05) is 69.4 Å². The summed E-state index contributed by atoms with van der Waals surface area (Å²) >= 11 is 0. The number of amides is 2. The van der Waals surface area contributed by atoms with Crippen LogP contribution in [0, 0.1) is 0 Å². The maximum atomic E-state index is 13.6. The Kier molecular flexibility index (Phi) is 8.49. The van der Waals surface area contributed by atoms with E-state index in [2.05, 4.69) is 10.2 Å². The number of carbonyl (C=O) groups excluding carboxylic acids is 2. The highest BCUT2D eigenvalue weighted by Gasteiger charge is 2.30. The average Bonchev–Trinajstić information content (AvgIpc) is 2.99. The molecule has 11 heteroatoms. The fourth-order valence-corrected chi connectivity index (χ4v) is 4.34. The number of carbonyl (C=O) groups is 2. The molecule has 0 aliphatic carbocycles. The number of nitrogens with zero attached hydrogens (tertiary/aromatic N) is 4. The summed E-state index contributed by atoms with van der Waals surface area (Å²) in [4.78, 5) is 39.3. The molecule has 11 nitrogen and oxygen atoms in total. The zero-order valence-corrected chi connectivity index (χ0v) is 21.8. The first kappa shape index (κ1) is 26.4. The van der Waals surface area contributed by atoms with Crippen LogP contribution in [0.3, 0.4) is 0 Å². The van der Waals surface area contributed by atoms with Crippen LogP contribution in [0.2, 0.25) is 0 Å². The fraction of sp³-hybridized carbons (Fsp3) is 0.357. The molecule has 2 aromatic carbocycles. The van der Waals surface area contributed by atoms with Crippen molar-refractivity contribution in [3.8, 4) is 22.9 Å². The van der Waals surface area contributed by atoms with Crippen molar-refractivity contribution in [2.45, 2.75) is 6.92 Å². The lowest BCUT2D eigenvalue weighted by atomic mass is 10.1. The minimum atomic E-state index is -0.598. The van der Waals surface area contributed by atoms with Gasteiger partial charge in [-0.25, -0.2) is 14.8 Å². The van der Waals surface area contributed by atoms with Crippen LogP contribution in [-0.4, -0.2) is 86.1 Å². The second kappa shape index (κ2) is 12.5. The van der Waals surface area contributed by atoms with Crippen LogP contribution in [0.25, 0.3) is 11.4 Å². The van der Waals surface area contributed by atoms with E-state index in [1.807, 2.05) is 13.0 Å². The predicted molar refractivity (Wildman–Crippen MR) is 144 cm³/mol. The van der Waals surface area contributed by atoms with E-state index in [4.69, 9.17) is 28.9 Å². The van der Waals surface area contributed by atoms with Gasteiger partial charge in [0, 0.05) is 37.4 Å². The van der Waals surface area contributed by atoms with E-state index < -0.39 is 6.09 Å². The molecule has 2 aliphatic rings. The molecule has 39 heavy (non-hydrogen) atoms. The topological polar surface area (TPSA) is 115 Å². The fourth-order valence-electron chi connectivity index (χ4n) is 4.34. The summed E-state index contributed by atoms with van der Waals surface area (Å²) in [6, 6.07) is 15.9. The number of ether oxygens (including phenoxy) is 4. The largest absolute Gasteiger partial charge is 0.488 e. The number of hydrogen-bond donors (Lipinski definition) is 1. The van der Waals surface area contributed by atoms with Crippen molar-refractivity contribution >= 4 is 23.5 Å². The molecule has 1 aromatic heterocycles. The van der Waals surface area contributed by atoms with Crippen molar-refractivity contribution in [1.29, 1.82) is 0 Å². The molecule has 1 N–H and O–H groups in total. The molecule has 2 aliphatic heterocycles. The second-order valence-corrected chi connectivity index (χ2v) is 8.89. The second-order valence-electron chi connectivity index (χ2n) is 8.89. The number of nitrogens with one attached hydrogen (secondary N) is 1. The Morgan fingerprint density at radius 3 is 2.23 bits per heavy atom. The first-order chi connectivity index (χ1) is 19.1. The van der Waals surface area contributed by atoms with Gasteiger partial charge in [0.2, 0.25) is 0 Å². The van der Waals surface area contributed by atoms with Crippen LogP contribution in [0.5, 0.6) is 11.5 Å². The number of aromatic nitrogens is 2. The monoisotopic (exact) mass is 533 g/mol. The molecular weight excluding hydrogens is 502 g/mol. The summed E-state index contributed by atoms with van der Waals surface area (Å²) in [5, 5.41) is 2.71. The highest BCUT2D eigenvalue weighted by Crippen LogP contribution is 2.34. The van der Waals surface area contributed by atoms with Gasteiger partial charge in [-0.1, -0.05) is 18.2 Å².